The molecule has 0 saturated carbocycles. The lowest BCUT2D eigenvalue weighted by molar-refractivity contribution is 0.120. The number of aryl methyl sites for hydroxylation is 1. The van der Waals surface area contributed by atoms with E-state index in [0.717, 1.165) is 48.9 Å². The molecule has 4 rings (SSSR count). The minimum absolute atomic E-state index is 0.258. The van der Waals surface area contributed by atoms with Gasteiger partial charge in [-0.2, -0.15) is 0 Å². The molecule has 1 aliphatic rings. The van der Waals surface area contributed by atoms with E-state index in [-0.39, 0.29) is 6.10 Å². The van der Waals surface area contributed by atoms with Gasteiger partial charge in [0.1, 0.15) is 11.6 Å². The Morgan fingerprint density at radius 1 is 1.00 bits per heavy atom. The smallest absolute Gasteiger partial charge is 0.163 e. The molecule has 1 aliphatic heterocycles. The van der Waals surface area contributed by atoms with Crippen LogP contribution in [0.1, 0.15) is 18.4 Å². The Bertz CT molecular complexity index is 892. The number of hydrogen-bond donors (Lipinski definition) is 2. The highest BCUT2D eigenvalue weighted by molar-refractivity contribution is 5.65. The Morgan fingerprint density at radius 2 is 1.85 bits per heavy atom. The summed E-state index contributed by atoms with van der Waals surface area (Å²) in [7, 11) is 0. The van der Waals surface area contributed by atoms with Gasteiger partial charge in [0.2, 0.25) is 0 Å². The highest BCUT2D eigenvalue weighted by Crippen LogP contribution is 2.23. The van der Waals surface area contributed by atoms with Gasteiger partial charge in [-0.25, -0.2) is 9.97 Å². The molecular formula is C22H24N4O. The molecule has 0 spiro atoms. The van der Waals surface area contributed by atoms with Crippen LogP contribution in [-0.4, -0.2) is 29.2 Å². The third-order valence-corrected chi connectivity index (χ3v) is 4.58. The van der Waals surface area contributed by atoms with Crippen molar-refractivity contribution >= 4 is 17.3 Å². The van der Waals surface area contributed by atoms with Crippen molar-refractivity contribution in [2.24, 2.45) is 0 Å². The van der Waals surface area contributed by atoms with Gasteiger partial charge in [0.15, 0.2) is 5.82 Å². The van der Waals surface area contributed by atoms with E-state index in [1.54, 1.807) is 0 Å². The first-order valence-corrected chi connectivity index (χ1v) is 9.40. The van der Waals surface area contributed by atoms with Crippen LogP contribution < -0.4 is 10.6 Å². The third-order valence-electron chi connectivity index (χ3n) is 4.58. The molecule has 1 saturated heterocycles. The van der Waals surface area contributed by atoms with E-state index in [9.17, 15) is 0 Å². The maximum Gasteiger partial charge on any atom is 0.163 e. The molecule has 1 aromatic heterocycles. The summed E-state index contributed by atoms with van der Waals surface area (Å²) in [4.78, 5) is 9.42. The zero-order valence-electron chi connectivity index (χ0n) is 15.5. The number of rotatable bonds is 6. The van der Waals surface area contributed by atoms with E-state index in [1.165, 1.54) is 5.56 Å². The molecule has 1 atom stereocenters. The van der Waals surface area contributed by atoms with Crippen LogP contribution in [0.3, 0.4) is 0 Å². The normalized spacial score (nSPS) is 16.3. The summed E-state index contributed by atoms with van der Waals surface area (Å²) in [5, 5.41) is 6.82. The number of benzene rings is 2. The SMILES string of the molecule is Cc1cccc(Nc2cc(NCC3CCCO3)nc(-c3ccccc3)n2)c1. The van der Waals surface area contributed by atoms with E-state index >= 15 is 0 Å². The van der Waals surface area contributed by atoms with Crippen LogP contribution in [0.5, 0.6) is 0 Å². The van der Waals surface area contributed by atoms with Crippen molar-refractivity contribution in [2.75, 3.05) is 23.8 Å². The van der Waals surface area contributed by atoms with Crippen molar-refractivity contribution in [1.29, 1.82) is 0 Å². The molecular weight excluding hydrogens is 336 g/mol. The molecule has 138 valence electrons. The van der Waals surface area contributed by atoms with Gasteiger partial charge < -0.3 is 15.4 Å². The Kier molecular flexibility index (Phi) is 5.30. The molecule has 2 N–H and O–H groups in total. The van der Waals surface area contributed by atoms with Crippen molar-refractivity contribution in [3.63, 3.8) is 0 Å². The molecule has 0 bridgehead atoms. The molecule has 0 aliphatic carbocycles. The zero-order valence-corrected chi connectivity index (χ0v) is 15.5. The van der Waals surface area contributed by atoms with E-state index in [4.69, 9.17) is 14.7 Å². The summed E-state index contributed by atoms with van der Waals surface area (Å²) in [5.74, 6) is 2.27. The summed E-state index contributed by atoms with van der Waals surface area (Å²) >= 11 is 0. The minimum Gasteiger partial charge on any atom is -0.376 e. The second-order valence-electron chi connectivity index (χ2n) is 6.84. The number of nitrogens with zero attached hydrogens (tertiary/aromatic N) is 2. The fourth-order valence-electron chi connectivity index (χ4n) is 3.21. The number of aromatic nitrogens is 2. The average molecular weight is 360 g/mol. The molecule has 1 unspecified atom stereocenters. The minimum atomic E-state index is 0.258. The summed E-state index contributed by atoms with van der Waals surface area (Å²) in [5.41, 5.74) is 3.21. The molecule has 5 nitrogen and oxygen atoms in total. The maximum atomic E-state index is 5.71. The topological polar surface area (TPSA) is 59.1 Å². The number of hydrogen-bond acceptors (Lipinski definition) is 5. The molecule has 5 heteroatoms. The first-order chi connectivity index (χ1) is 13.3. The van der Waals surface area contributed by atoms with Gasteiger partial charge >= 0.3 is 0 Å². The summed E-state index contributed by atoms with van der Waals surface area (Å²) in [6.07, 6.45) is 2.48. The molecule has 0 amide bonds. The van der Waals surface area contributed by atoms with Gasteiger partial charge in [0, 0.05) is 30.5 Å². The summed E-state index contributed by atoms with van der Waals surface area (Å²) in [6.45, 7) is 3.69. The van der Waals surface area contributed by atoms with Crippen molar-refractivity contribution < 1.29 is 4.74 Å². The standard InChI is InChI=1S/C22H24N4O/c1-16-7-5-10-18(13-16)24-21-14-20(23-15-19-11-6-12-27-19)25-22(26-21)17-8-3-2-4-9-17/h2-5,7-10,13-14,19H,6,11-12,15H2,1H3,(H2,23,24,25,26). The van der Waals surface area contributed by atoms with Gasteiger partial charge in [-0.1, -0.05) is 42.5 Å². The van der Waals surface area contributed by atoms with E-state index in [1.807, 2.05) is 48.5 Å². The van der Waals surface area contributed by atoms with Crippen molar-refractivity contribution in [1.82, 2.24) is 9.97 Å². The van der Waals surface area contributed by atoms with Gasteiger partial charge in [0.25, 0.3) is 0 Å². The van der Waals surface area contributed by atoms with Gasteiger partial charge in [-0.3, -0.25) is 0 Å². The molecule has 1 fully saturated rings. The summed E-state index contributed by atoms with van der Waals surface area (Å²) < 4.78 is 5.71. The first-order valence-electron chi connectivity index (χ1n) is 9.40. The molecule has 2 aromatic carbocycles. The van der Waals surface area contributed by atoms with Crippen molar-refractivity contribution in [3.8, 4) is 11.4 Å². The highest BCUT2D eigenvalue weighted by Gasteiger charge is 2.16. The van der Waals surface area contributed by atoms with Crippen molar-refractivity contribution in [3.05, 3.63) is 66.2 Å². The Labute approximate surface area is 159 Å². The second-order valence-corrected chi connectivity index (χ2v) is 6.84. The van der Waals surface area contributed by atoms with Crippen molar-refractivity contribution in [2.45, 2.75) is 25.9 Å². The van der Waals surface area contributed by atoms with E-state index in [0.29, 0.717) is 5.82 Å². The van der Waals surface area contributed by atoms with Crippen LogP contribution in [0.4, 0.5) is 17.3 Å². The lowest BCUT2D eigenvalue weighted by atomic mass is 10.2. The van der Waals surface area contributed by atoms with Crippen LogP contribution in [0.15, 0.2) is 60.7 Å². The number of ether oxygens (including phenoxy) is 1. The molecule has 2 heterocycles. The fraction of sp³-hybridized carbons (Fsp3) is 0.273. The molecule has 3 aromatic rings. The van der Waals surface area contributed by atoms with Gasteiger partial charge in [-0.15, -0.1) is 0 Å². The predicted molar refractivity (Wildman–Crippen MR) is 109 cm³/mol. The highest BCUT2D eigenvalue weighted by atomic mass is 16.5. The summed E-state index contributed by atoms with van der Waals surface area (Å²) in [6, 6.07) is 20.2. The van der Waals surface area contributed by atoms with Crippen LogP contribution in [0.2, 0.25) is 0 Å². The van der Waals surface area contributed by atoms with E-state index in [2.05, 4.69) is 29.7 Å². The Balaban J connectivity index is 1.61. The van der Waals surface area contributed by atoms with Gasteiger partial charge in [-0.05, 0) is 37.5 Å². The van der Waals surface area contributed by atoms with Gasteiger partial charge in [0.05, 0.1) is 6.10 Å². The van der Waals surface area contributed by atoms with Crippen LogP contribution in [-0.2, 0) is 4.74 Å². The monoisotopic (exact) mass is 360 g/mol. The second kappa shape index (κ2) is 8.18. The fourth-order valence-corrected chi connectivity index (χ4v) is 3.21. The molecule has 27 heavy (non-hydrogen) atoms. The predicted octanol–water partition coefficient (Wildman–Crippen LogP) is 4.79. The van der Waals surface area contributed by atoms with Crippen LogP contribution >= 0.6 is 0 Å². The molecule has 0 radical (unpaired) electrons. The average Bonchev–Trinajstić information content (AvgIpc) is 3.21. The third kappa shape index (κ3) is 4.63. The van der Waals surface area contributed by atoms with E-state index < -0.39 is 0 Å². The number of anilines is 3. The Morgan fingerprint density at radius 3 is 2.63 bits per heavy atom. The zero-order chi connectivity index (χ0) is 18.5. The first kappa shape index (κ1) is 17.5. The van der Waals surface area contributed by atoms with Crippen LogP contribution in [0.25, 0.3) is 11.4 Å². The van der Waals surface area contributed by atoms with Crippen LogP contribution in [0, 0.1) is 6.92 Å². The lowest BCUT2D eigenvalue weighted by Gasteiger charge is -2.14. The Hall–Kier alpha value is -2.92. The maximum absolute atomic E-state index is 5.71. The number of nitrogens with one attached hydrogen (secondary N) is 2. The largest absolute Gasteiger partial charge is 0.376 e. The quantitative estimate of drug-likeness (QED) is 0.662. The lowest BCUT2D eigenvalue weighted by Crippen LogP contribution is -2.19.